The van der Waals surface area contributed by atoms with Crippen LogP contribution in [0.15, 0.2) is 0 Å². The van der Waals surface area contributed by atoms with E-state index in [1.54, 1.807) is 0 Å². The van der Waals surface area contributed by atoms with Gasteiger partial charge in [0.1, 0.15) is 0 Å². The van der Waals surface area contributed by atoms with Gasteiger partial charge in [-0.3, -0.25) is 4.79 Å². The fourth-order valence-electron chi connectivity index (χ4n) is 3.02. The van der Waals surface area contributed by atoms with Crippen LogP contribution in [0.5, 0.6) is 0 Å². The van der Waals surface area contributed by atoms with Crippen molar-refractivity contribution in [2.75, 3.05) is 13.1 Å². The first-order chi connectivity index (χ1) is 8.24. The maximum atomic E-state index is 11.8. The lowest BCUT2D eigenvalue weighted by Crippen LogP contribution is -2.35. The average molecular weight is 275 g/mol. The third-order valence-corrected chi connectivity index (χ3v) is 4.32. The molecular weight excluding hydrogens is 248 g/mol. The second-order valence-corrected chi connectivity index (χ2v) is 5.93. The Morgan fingerprint density at radius 2 is 1.94 bits per heavy atom. The van der Waals surface area contributed by atoms with Gasteiger partial charge in [-0.25, -0.2) is 0 Å². The fraction of sp³-hybridized carbons (Fsp3) is 0.929. The number of rotatable bonds is 4. The molecule has 1 saturated carbocycles. The largest absolute Gasteiger partial charge is 0.356 e. The van der Waals surface area contributed by atoms with Crippen molar-refractivity contribution < 1.29 is 4.79 Å². The quantitative estimate of drug-likeness (QED) is 0.827. The van der Waals surface area contributed by atoms with Gasteiger partial charge in [0, 0.05) is 19.0 Å². The molecule has 2 aliphatic rings. The molecule has 3 nitrogen and oxygen atoms in total. The predicted octanol–water partition coefficient (Wildman–Crippen LogP) is 2.49. The number of amides is 1. The number of hydrogen-bond acceptors (Lipinski definition) is 2. The Morgan fingerprint density at radius 3 is 2.56 bits per heavy atom. The molecule has 1 atom stereocenters. The molecule has 1 aliphatic heterocycles. The first kappa shape index (κ1) is 15.8. The van der Waals surface area contributed by atoms with Crippen LogP contribution in [0.25, 0.3) is 0 Å². The van der Waals surface area contributed by atoms with E-state index in [-0.39, 0.29) is 18.3 Å². The van der Waals surface area contributed by atoms with Crippen LogP contribution in [0.2, 0.25) is 0 Å². The number of hydrogen-bond donors (Lipinski definition) is 2. The molecule has 0 aromatic rings. The molecule has 2 fully saturated rings. The van der Waals surface area contributed by atoms with Crippen molar-refractivity contribution in [3.05, 3.63) is 0 Å². The second-order valence-electron chi connectivity index (χ2n) is 5.93. The zero-order valence-electron chi connectivity index (χ0n) is 11.4. The minimum absolute atomic E-state index is 0. The Balaban J connectivity index is 0.00000162. The molecule has 1 aliphatic carbocycles. The lowest BCUT2D eigenvalue weighted by atomic mass is 9.83. The van der Waals surface area contributed by atoms with Gasteiger partial charge in [0.2, 0.25) is 5.91 Å². The summed E-state index contributed by atoms with van der Waals surface area (Å²) in [7, 11) is 0. The topological polar surface area (TPSA) is 41.1 Å². The minimum Gasteiger partial charge on any atom is -0.356 e. The number of carbonyl (C=O) groups is 1. The molecule has 4 heteroatoms. The van der Waals surface area contributed by atoms with Crippen molar-refractivity contribution in [2.45, 2.75) is 57.9 Å². The highest BCUT2D eigenvalue weighted by Crippen LogP contribution is 2.27. The van der Waals surface area contributed by atoms with E-state index in [2.05, 4.69) is 17.6 Å². The summed E-state index contributed by atoms with van der Waals surface area (Å²) in [6.45, 7) is 4.32. The monoisotopic (exact) mass is 274 g/mol. The van der Waals surface area contributed by atoms with E-state index in [4.69, 9.17) is 0 Å². The Hall–Kier alpha value is -0.280. The van der Waals surface area contributed by atoms with Crippen LogP contribution >= 0.6 is 12.4 Å². The lowest BCUT2D eigenvalue weighted by molar-refractivity contribution is -0.121. The number of nitrogens with one attached hydrogen (secondary N) is 2. The minimum atomic E-state index is 0. The van der Waals surface area contributed by atoms with Crippen molar-refractivity contribution in [2.24, 2.45) is 11.8 Å². The normalized spacial score (nSPS) is 31.7. The molecule has 0 aromatic heterocycles. The molecule has 0 radical (unpaired) electrons. The molecule has 1 unspecified atom stereocenters. The summed E-state index contributed by atoms with van der Waals surface area (Å²) in [6.07, 6.45) is 8.32. The standard InChI is InChI=1S/C14H26N2O.ClH/c1-11-4-6-12(7-5-11)10-16-14(17)9-13-3-2-8-15-13;/h11-13,15H,2-10H2,1H3,(H,16,17);1H. The zero-order valence-corrected chi connectivity index (χ0v) is 12.2. The van der Waals surface area contributed by atoms with Crippen LogP contribution in [0, 0.1) is 11.8 Å². The summed E-state index contributed by atoms with van der Waals surface area (Å²) < 4.78 is 0. The van der Waals surface area contributed by atoms with Crippen LogP contribution in [0.4, 0.5) is 0 Å². The van der Waals surface area contributed by atoms with Crippen molar-refractivity contribution >= 4 is 18.3 Å². The van der Waals surface area contributed by atoms with E-state index in [9.17, 15) is 4.79 Å². The van der Waals surface area contributed by atoms with E-state index < -0.39 is 0 Å². The van der Waals surface area contributed by atoms with Crippen molar-refractivity contribution in [1.82, 2.24) is 10.6 Å². The number of halogens is 1. The van der Waals surface area contributed by atoms with Gasteiger partial charge in [0.05, 0.1) is 0 Å². The van der Waals surface area contributed by atoms with Crippen LogP contribution in [0.3, 0.4) is 0 Å². The molecule has 0 spiro atoms. The third kappa shape index (κ3) is 5.15. The van der Waals surface area contributed by atoms with Gasteiger partial charge >= 0.3 is 0 Å². The molecule has 106 valence electrons. The van der Waals surface area contributed by atoms with Gasteiger partial charge in [0.15, 0.2) is 0 Å². The van der Waals surface area contributed by atoms with E-state index in [1.807, 2.05) is 0 Å². The Labute approximate surface area is 117 Å². The Bertz CT molecular complexity index is 246. The second kappa shape index (κ2) is 8.00. The average Bonchev–Trinajstić information content (AvgIpc) is 2.81. The summed E-state index contributed by atoms with van der Waals surface area (Å²) in [6, 6.07) is 0.432. The first-order valence-electron chi connectivity index (χ1n) is 7.24. The molecular formula is C14H27ClN2O. The summed E-state index contributed by atoms with van der Waals surface area (Å²) >= 11 is 0. The van der Waals surface area contributed by atoms with E-state index >= 15 is 0 Å². The summed E-state index contributed by atoms with van der Waals surface area (Å²) in [4.78, 5) is 11.8. The lowest BCUT2D eigenvalue weighted by Gasteiger charge is -2.26. The highest BCUT2D eigenvalue weighted by molar-refractivity contribution is 5.85. The summed E-state index contributed by atoms with van der Waals surface area (Å²) in [5, 5.41) is 6.49. The molecule has 1 heterocycles. The number of carbonyl (C=O) groups excluding carboxylic acids is 1. The van der Waals surface area contributed by atoms with Gasteiger partial charge in [-0.1, -0.05) is 19.8 Å². The molecule has 18 heavy (non-hydrogen) atoms. The predicted molar refractivity (Wildman–Crippen MR) is 77.0 cm³/mol. The summed E-state index contributed by atoms with van der Waals surface area (Å²) in [5.74, 6) is 1.86. The van der Waals surface area contributed by atoms with Gasteiger partial charge in [0.25, 0.3) is 0 Å². The maximum absolute atomic E-state index is 11.8. The highest BCUT2D eigenvalue weighted by atomic mass is 35.5. The molecule has 1 saturated heterocycles. The first-order valence-corrected chi connectivity index (χ1v) is 7.24. The molecule has 2 N–H and O–H groups in total. The van der Waals surface area contributed by atoms with Crippen molar-refractivity contribution in [3.8, 4) is 0 Å². The van der Waals surface area contributed by atoms with Gasteiger partial charge in [-0.2, -0.15) is 0 Å². The zero-order chi connectivity index (χ0) is 12.1. The highest BCUT2D eigenvalue weighted by Gasteiger charge is 2.20. The molecule has 1 amide bonds. The maximum Gasteiger partial charge on any atom is 0.221 e. The molecule has 2 rings (SSSR count). The van der Waals surface area contributed by atoms with Crippen LogP contribution in [-0.4, -0.2) is 25.0 Å². The SMILES string of the molecule is CC1CCC(CNC(=O)CC2CCCN2)CC1.Cl. The van der Waals surface area contributed by atoms with E-state index in [1.165, 1.54) is 32.1 Å². The van der Waals surface area contributed by atoms with Crippen LogP contribution in [0.1, 0.15) is 51.9 Å². The van der Waals surface area contributed by atoms with Crippen molar-refractivity contribution in [3.63, 3.8) is 0 Å². The smallest absolute Gasteiger partial charge is 0.221 e. The van der Waals surface area contributed by atoms with Gasteiger partial charge in [-0.05, 0) is 44.1 Å². The third-order valence-electron chi connectivity index (χ3n) is 4.32. The van der Waals surface area contributed by atoms with Gasteiger partial charge < -0.3 is 10.6 Å². The Morgan fingerprint density at radius 1 is 1.22 bits per heavy atom. The van der Waals surface area contributed by atoms with Crippen LogP contribution < -0.4 is 10.6 Å². The van der Waals surface area contributed by atoms with Crippen LogP contribution in [-0.2, 0) is 4.79 Å². The fourth-order valence-corrected chi connectivity index (χ4v) is 3.02. The molecule has 0 aromatic carbocycles. The molecule has 0 bridgehead atoms. The Kier molecular flexibility index (Phi) is 7.02. The van der Waals surface area contributed by atoms with E-state index in [0.29, 0.717) is 12.5 Å². The summed E-state index contributed by atoms with van der Waals surface area (Å²) in [5.41, 5.74) is 0. The van der Waals surface area contributed by atoms with Gasteiger partial charge in [-0.15, -0.1) is 12.4 Å². The van der Waals surface area contributed by atoms with E-state index in [0.717, 1.165) is 31.3 Å². The van der Waals surface area contributed by atoms with Crippen molar-refractivity contribution in [1.29, 1.82) is 0 Å².